The molecule has 0 bridgehead atoms. The van der Waals surface area contributed by atoms with Crippen molar-refractivity contribution < 1.29 is 23.8 Å². The van der Waals surface area contributed by atoms with Gasteiger partial charge in [-0.15, -0.1) is 10.2 Å². The molecule has 0 aliphatic heterocycles. The molecule has 12 heteroatoms. The number of halogens is 1. The molecule has 1 aromatic carbocycles. The zero-order chi connectivity index (χ0) is 25.1. The smallest absolute Gasteiger partial charge is 0.273 e. The van der Waals surface area contributed by atoms with E-state index in [0.717, 1.165) is 12.8 Å². The number of nitrogens with one attached hydrogen (secondary N) is 3. The number of nitrogens with zero attached hydrogens (tertiary/aromatic N) is 4. The topological polar surface area (TPSA) is 151 Å². The highest BCUT2D eigenvalue weighted by Crippen LogP contribution is 2.39. The van der Waals surface area contributed by atoms with Gasteiger partial charge in [0.25, 0.3) is 5.91 Å². The Balaban J connectivity index is 1.74. The average Bonchev–Trinajstić information content (AvgIpc) is 3.69. The summed E-state index contributed by atoms with van der Waals surface area (Å²) >= 11 is 0. The first kappa shape index (κ1) is 24.0. The second-order valence-electron chi connectivity index (χ2n) is 8.00. The first-order valence-corrected chi connectivity index (χ1v) is 10.9. The molecule has 3 aromatic rings. The molecular weight excluding hydrogens is 457 g/mol. The zero-order valence-corrected chi connectivity index (χ0v) is 19.3. The van der Waals surface area contributed by atoms with E-state index in [9.17, 15) is 19.1 Å². The van der Waals surface area contributed by atoms with E-state index in [0.29, 0.717) is 17.0 Å². The second-order valence-corrected chi connectivity index (χ2v) is 8.00. The highest BCUT2D eigenvalue weighted by Gasteiger charge is 2.30. The minimum Gasteiger partial charge on any atom is -0.494 e. The predicted molar refractivity (Wildman–Crippen MR) is 125 cm³/mol. The number of anilines is 3. The third-order valence-corrected chi connectivity index (χ3v) is 5.34. The highest BCUT2D eigenvalue weighted by atomic mass is 19.1. The van der Waals surface area contributed by atoms with Crippen molar-refractivity contribution in [2.45, 2.75) is 25.9 Å². The Morgan fingerprint density at radius 3 is 2.51 bits per heavy atom. The molecule has 4 N–H and O–H groups in total. The van der Waals surface area contributed by atoms with Gasteiger partial charge in [0.15, 0.2) is 17.3 Å². The first-order valence-electron chi connectivity index (χ1n) is 10.9. The predicted octanol–water partition coefficient (Wildman–Crippen LogP) is 2.59. The summed E-state index contributed by atoms with van der Waals surface area (Å²) in [4.78, 5) is 33.0. The van der Waals surface area contributed by atoms with E-state index < -0.39 is 17.8 Å². The maximum Gasteiger partial charge on any atom is 0.273 e. The van der Waals surface area contributed by atoms with Crippen LogP contribution >= 0.6 is 0 Å². The molecule has 1 fully saturated rings. The number of ether oxygens (including phenoxy) is 1. The largest absolute Gasteiger partial charge is 0.494 e. The molecule has 1 aliphatic carbocycles. The Kier molecular flexibility index (Phi) is 6.82. The lowest BCUT2D eigenvalue weighted by atomic mass is 10.1. The fraction of sp³-hybridized carbons (Fsp3) is 0.304. The number of hydrogen-bond acceptors (Lipinski definition) is 9. The molecule has 2 aromatic heterocycles. The van der Waals surface area contributed by atoms with E-state index in [1.807, 2.05) is 0 Å². The number of aromatic nitrogens is 4. The molecule has 1 aliphatic rings. The van der Waals surface area contributed by atoms with Crippen LogP contribution in [0.2, 0.25) is 0 Å². The van der Waals surface area contributed by atoms with Crippen LogP contribution in [0, 0.1) is 11.7 Å². The summed E-state index contributed by atoms with van der Waals surface area (Å²) in [5.41, 5.74) is 1.26. The van der Waals surface area contributed by atoms with Crippen molar-refractivity contribution >= 4 is 29.0 Å². The molecular formula is C23H24FN7O4. The lowest BCUT2D eigenvalue weighted by Gasteiger charge is -2.17. The maximum atomic E-state index is 14.7. The van der Waals surface area contributed by atoms with E-state index in [1.165, 1.54) is 44.8 Å². The summed E-state index contributed by atoms with van der Waals surface area (Å²) < 4.78 is 20.2. The summed E-state index contributed by atoms with van der Waals surface area (Å²) in [5, 5.41) is 25.7. The Morgan fingerprint density at radius 1 is 1.14 bits per heavy atom. The minimum atomic E-state index is -0.805. The van der Waals surface area contributed by atoms with Gasteiger partial charge in [0, 0.05) is 30.7 Å². The molecule has 1 unspecified atom stereocenters. The number of benzene rings is 1. The van der Waals surface area contributed by atoms with E-state index >= 15 is 0 Å². The van der Waals surface area contributed by atoms with Gasteiger partial charge in [0.1, 0.15) is 5.82 Å². The third kappa shape index (κ3) is 5.32. The summed E-state index contributed by atoms with van der Waals surface area (Å²) in [5.74, 6) is -0.992. The summed E-state index contributed by atoms with van der Waals surface area (Å²) in [6.45, 7) is 1.56. The Bertz CT molecular complexity index is 1260. The number of amides is 2. The Labute approximate surface area is 200 Å². The summed E-state index contributed by atoms with van der Waals surface area (Å²) in [6.07, 6.45) is 3.61. The van der Waals surface area contributed by atoms with Crippen LogP contribution in [0.15, 0.2) is 30.6 Å². The molecule has 0 radical (unpaired) electrons. The van der Waals surface area contributed by atoms with Gasteiger partial charge in [-0.1, -0.05) is 0 Å². The lowest BCUT2D eigenvalue weighted by Crippen LogP contribution is -2.22. The Morgan fingerprint density at radius 2 is 1.91 bits per heavy atom. The molecule has 35 heavy (non-hydrogen) atoms. The average molecular weight is 481 g/mol. The highest BCUT2D eigenvalue weighted by molar-refractivity contribution is 6.00. The third-order valence-electron chi connectivity index (χ3n) is 5.34. The lowest BCUT2D eigenvalue weighted by molar-refractivity contribution is -0.117. The fourth-order valence-corrected chi connectivity index (χ4v) is 3.34. The van der Waals surface area contributed by atoms with Crippen LogP contribution in [-0.2, 0) is 4.79 Å². The van der Waals surface area contributed by atoms with Gasteiger partial charge in [-0.25, -0.2) is 4.39 Å². The van der Waals surface area contributed by atoms with Crippen molar-refractivity contribution in [2.24, 2.45) is 5.92 Å². The van der Waals surface area contributed by atoms with E-state index in [2.05, 4.69) is 36.1 Å². The molecule has 2 amide bonds. The molecule has 11 nitrogen and oxygen atoms in total. The second kappa shape index (κ2) is 9.97. The molecule has 0 spiro atoms. The monoisotopic (exact) mass is 481 g/mol. The van der Waals surface area contributed by atoms with Crippen LogP contribution in [-0.4, -0.2) is 51.2 Å². The van der Waals surface area contributed by atoms with Gasteiger partial charge >= 0.3 is 0 Å². The number of aliphatic hydroxyl groups is 1. The number of carbonyl (C=O) groups is 2. The van der Waals surface area contributed by atoms with Crippen molar-refractivity contribution in [1.29, 1.82) is 0 Å². The van der Waals surface area contributed by atoms with Gasteiger partial charge in [0.05, 0.1) is 48.4 Å². The first-order chi connectivity index (χ1) is 16.8. The van der Waals surface area contributed by atoms with E-state index in [4.69, 9.17) is 4.74 Å². The molecule has 182 valence electrons. The summed E-state index contributed by atoms with van der Waals surface area (Å²) in [7, 11) is 2.85. The van der Waals surface area contributed by atoms with Gasteiger partial charge in [-0.05, 0) is 25.8 Å². The Hall–Kier alpha value is -4.19. The number of aliphatic hydroxyl groups excluding tert-OH is 1. The molecule has 2 heterocycles. The van der Waals surface area contributed by atoms with Gasteiger partial charge in [-0.3, -0.25) is 19.6 Å². The van der Waals surface area contributed by atoms with Crippen LogP contribution in [0.1, 0.15) is 42.1 Å². The normalized spacial score (nSPS) is 13.6. The van der Waals surface area contributed by atoms with Gasteiger partial charge in [0.2, 0.25) is 5.91 Å². The quantitative estimate of drug-likeness (QED) is 0.380. The summed E-state index contributed by atoms with van der Waals surface area (Å²) in [6, 6.07) is 3.87. The van der Waals surface area contributed by atoms with Crippen molar-refractivity contribution in [3.63, 3.8) is 0 Å². The molecule has 1 atom stereocenters. The maximum absolute atomic E-state index is 14.7. The van der Waals surface area contributed by atoms with Crippen LogP contribution in [0.5, 0.6) is 5.75 Å². The van der Waals surface area contributed by atoms with Gasteiger partial charge in [-0.2, -0.15) is 0 Å². The molecule has 4 rings (SSSR count). The van der Waals surface area contributed by atoms with Crippen LogP contribution in [0.25, 0.3) is 11.3 Å². The SMILES string of the molecule is CNC(=O)c1nnc(NC(=O)C2CC2)cc1Nc1cc(F)cc(-c2cnc(C(C)O)cn2)c1OC. The zero-order valence-electron chi connectivity index (χ0n) is 19.3. The van der Waals surface area contributed by atoms with Crippen LogP contribution in [0.3, 0.4) is 0 Å². The molecule has 0 saturated heterocycles. The van der Waals surface area contributed by atoms with Crippen LogP contribution in [0.4, 0.5) is 21.6 Å². The van der Waals surface area contributed by atoms with Crippen molar-refractivity contribution in [3.05, 3.63) is 47.8 Å². The van der Waals surface area contributed by atoms with Crippen molar-refractivity contribution in [1.82, 2.24) is 25.5 Å². The number of methoxy groups -OCH3 is 1. The standard InChI is InChI=1S/C23H24FN7O4/c1-11(32)17-9-27-18(10-26-17)14-6-13(24)7-16(21(14)35-3)28-15-8-19(29-22(33)12-4-5-12)30-31-20(15)23(34)25-2/h6-12,32H,4-5H2,1-3H3,(H,25,34)(H2,28,29,30,33). The van der Waals surface area contributed by atoms with Crippen molar-refractivity contribution in [2.75, 3.05) is 24.8 Å². The van der Waals surface area contributed by atoms with Gasteiger partial charge < -0.3 is 25.8 Å². The number of rotatable bonds is 8. The minimum absolute atomic E-state index is 0.0565. The van der Waals surface area contributed by atoms with Crippen LogP contribution < -0.4 is 20.7 Å². The number of hydrogen-bond donors (Lipinski definition) is 4. The number of carbonyl (C=O) groups excluding carboxylic acids is 2. The van der Waals surface area contributed by atoms with E-state index in [-0.39, 0.29) is 40.5 Å². The van der Waals surface area contributed by atoms with Crippen molar-refractivity contribution in [3.8, 4) is 17.0 Å². The fourth-order valence-electron chi connectivity index (χ4n) is 3.34. The molecule has 1 saturated carbocycles. The van der Waals surface area contributed by atoms with E-state index in [1.54, 1.807) is 6.92 Å².